The molecule has 1 saturated heterocycles. The highest BCUT2D eigenvalue weighted by molar-refractivity contribution is 7.10. The molecule has 7 nitrogen and oxygen atoms in total. The minimum atomic E-state index is -0.383. The zero-order chi connectivity index (χ0) is 26.2. The second kappa shape index (κ2) is 12.7. The molecular formula is C28H32FN3O4S. The van der Waals surface area contributed by atoms with Gasteiger partial charge in [0.05, 0.1) is 19.8 Å². The second-order valence-corrected chi connectivity index (χ2v) is 10.1. The molecule has 1 aliphatic rings. The van der Waals surface area contributed by atoms with Gasteiger partial charge >= 0.3 is 6.03 Å². The molecule has 0 bridgehead atoms. The molecule has 196 valence electrons. The second-order valence-electron chi connectivity index (χ2n) is 9.08. The van der Waals surface area contributed by atoms with E-state index in [1.54, 1.807) is 59.7 Å². The number of hydrogen-bond donors (Lipinski definition) is 1. The molecule has 0 saturated carbocycles. The average Bonchev–Trinajstić information content (AvgIpc) is 3.56. The number of aryl methyl sites for hydroxylation is 1. The number of benzene rings is 2. The lowest BCUT2D eigenvalue weighted by Crippen LogP contribution is -2.46. The molecule has 0 aliphatic carbocycles. The Morgan fingerprint density at radius 1 is 1.14 bits per heavy atom. The highest BCUT2D eigenvalue weighted by atomic mass is 32.1. The summed E-state index contributed by atoms with van der Waals surface area (Å²) in [6.45, 7) is 3.58. The summed E-state index contributed by atoms with van der Waals surface area (Å²) in [7, 11) is 1.56. The summed E-state index contributed by atoms with van der Waals surface area (Å²) in [5.41, 5.74) is 2.50. The number of hydrogen-bond acceptors (Lipinski definition) is 5. The van der Waals surface area contributed by atoms with Gasteiger partial charge in [0.15, 0.2) is 0 Å². The van der Waals surface area contributed by atoms with Crippen LogP contribution in [-0.4, -0.2) is 54.6 Å². The van der Waals surface area contributed by atoms with Gasteiger partial charge in [-0.3, -0.25) is 4.79 Å². The molecule has 4 rings (SSSR count). The Bertz CT molecular complexity index is 1190. The minimum Gasteiger partial charge on any atom is -0.497 e. The number of ether oxygens (including phenoxy) is 2. The number of carbonyl (C=O) groups is 2. The van der Waals surface area contributed by atoms with Crippen molar-refractivity contribution in [3.8, 4) is 5.75 Å². The maximum absolute atomic E-state index is 13.7. The molecule has 1 aromatic heterocycles. The normalized spacial score (nSPS) is 14.8. The smallest absolute Gasteiger partial charge is 0.322 e. The van der Waals surface area contributed by atoms with Crippen LogP contribution in [0.2, 0.25) is 0 Å². The van der Waals surface area contributed by atoms with Gasteiger partial charge in [0, 0.05) is 36.3 Å². The number of halogens is 1. The summed E-state index contributed by atoms with van der Waals surface area (Å²) in [5.74, 6) is 0.0972. The topological polar surface area (TPSA) is 71.1 Å². The molecule has 2 heterocycles. The summed E-state index contributed by atoms with van der Waals surface area (Å²) in [5, 5.41) is 4.88. The highest BCUT2D eigenvalue weighted by Crippen LogP contribution is 2.21. The number of urea groups is 1. The van der Waals surface area contributed by atoms with Crippen LogP contribution in [0.4, 0.5) is 14.9 Å². The zero-order valence-corrected chi connectivity index (χ0v) is 21.9. The largest absolute Gasteiger partial charge is 0.497 e. The van der Waals surface area contributed by atoms with E-state index in [1.165, 1.54) is 17.0 Å². The van der Waals surface area contributed by atoms with Crippen LogP contribution < -0.4 is 10.1 Å². The first-order valence-electron chi connectivity index (χ1n) is 12.3. The van der Waals surface area contributed by atoms with E-state index in [0.717, 1.165) is 28.8 Å². The van der Waals surface area contributed by atoms with Gasteiger partial charge in [-0.1, -0.05) is 18.2 Å². The number of amides is 3. The lowest BCUT2D eigenvalue weighted by Gasteiger charge is -2.29. The van der Waals surface area contributed by atoms with E-state index in [1.807, 2.05) is 18.4 Å². The lowest BCUT2D eigenvalue weighted by molar-refractivity contribution is -0.133. The SMILES string of the molecule is COc1cccc(NC(=O)N(CC(=O)N(Cc2ccc(F)cc2)Cc2sccc2C)C[C@H]2CCCO2)c1. The fourth-order valence-electron chi connectivity index (χ4n) is 4.20. The standard InChI is InChI=1S/C28H32FN3O4S/c1-20-12-14-37-26(20)18-31(16-21-8-10-22(29)11-9-21)27(33)19-32(17-25-7-4-13-36-25)28(34)30-23-5-3-6-24(15-23)35-2/h3,5-6,8-12,14-15,25H,4,7,13,16-19H2,1-2H3,(H,30,34)/t25-/m1/s1. The molecule has 3 aromatic rings. The van der Waals surface area contributed by atoms with Crippen LogP contribution in [0.25, 0.3) is 0 Å². The van der Waals surface area contributed by atoms with Gasteiger partial charge in [-0.2, -0.15) is 0 Å². The van der Waals surface area contributed by atoms with E-state index < -0.39 is 0 Å². The quantitative estimate of drug-likeness (QED) is 0.382. The van der Waals surface area contributed by atoms with Gasteiger partial charge < -0.3 is 24.6 Å². The third-order valence-electron chi connectivity index (χ3n) is 6.32. The zero-order valence-electron chi connectivity index (χ0n) is 21.1. The van der Waals surface area contributed by atoms with Gasteiger partial charge in [-0.25, -0.2) is 9.18 Å². The Morgan fingerprint density at radius 3 is 2.62 bits per heavy atom. The number of thiophene rings is 1. The Hall–Kier alpha value is -3.43. The van der Waals surface area contributed by atoms with E-state index >= 15 is 0 Å². The summed E-state index contributed by atoms with van der Waals surface area (Å²) in [6.07, 6.45) is 1.65. The van der Waals surface area contributed by atoms with Gasteiger partial charge in [0.2, 0.25) is 5.91 Å². The predicted octanol–water partition coefficient (Wildman–Crippen LogP) is 5.45. The van der Waals surface area contributed by atoms with Crippen molar-refractivity contribution < 1.29 is 23.5 Å². The number of anilines is 1. The molecule has 1 atom stereocenters. The van der Waals surface area contributed by atoms with Gasteiger partial charge in [-0.15, -0.1) is 11.3 Å². The first-order chi connectivity index (χ1) is 17.9. The van der Waals surface area contributed by atoms with Gasteiger partial charge in [0.1, 0.15) is 18.1 Å². The van der Waals surface area contributed by atoms with Crippen molar-refractivity contribution in [1.82, 2.24) is 9.80 Å². The maximum Gasteiger partial charge on any atom is 0.322 e. The van der Waals surface area contributed by atoms with Crippen molar-refractivity contribution in [3.63, 3.8) is 0 Å². The Balaban J connectivity index is 1.53. The fourth-order valence-corrected chi connectivity index (χ4v) is 5.12. The number of carbonyl (C=O) groups excluding carboxylic acids is 2. The maximum atomic E-state index is 13.7. The summed E-state index contributed by atoms with van der Waals surface area (Å²) < 4.78 is 24.5. The average molecular weight is 526 g/mol. The van der Waals surface area contributed by atoms with Crippen LogP contribution in [0, 0.1) is 12.7 Å². The summed E-state index contributed by atoms with van der Waals surface area (Å²) in [6, 6.07) is 14.8. The lowest BCUT2D eigenvalue weighted by atomic mass is 10.2. The molecule has 0 spiro atoms. The van der Waals surface area contributed by atoms with Gasteiger partial charge in [0.25, 0.3) is 0 Å². The number of rotatable bonds is 10. The molecule has 1 fully saturated rings. The fraction of sp³-hybridized carbons (Fsp3) is 0.357. The van der Waals surface area contributed by atoms with Crippen molar-refractivity contribution in [1.29, 1.82) is 0 Å². The molecule has 1 N–H and O–H groups in total. The molecule has 2 aromatic carbocycles. The summed E-state index contributed by atoms with van der Waals surface area (Å²) in [4.78, 5) is 31.3. The first kappa shape index (κ1) is 26.6. The Morgan fingerprint density at radius 2 is 1.95 bits per heavy atom. The van der Waals surface area contributed by atoms with E-state index in [2.05, 4.69) is 5.32 Å². The van der Waals surface area contributed by atoms with Crippen LogP contribution in [0.1, 0.15) is 28.8 Å². The predicted molar refractivity (Wildman–Crippen MR) is 142 cm³/mol. The number of nitrogens with zero attached hydrogens (tertiary/aromatic N) is 2. The monoisotopic (exact) mass is 525 g/mol. The van der Waals surface area contributed by atoms with E-state index in [4.69, 9.17) is 9.47 Å². The molecule has 1 aliphatic heterocycles. The Kier molecular flexibility index (Phi) is 9.14. The van der Waals surface area contributed by atoms with E-state index in [-0.39, 0.29) is 30.4 Å². The van der Waals surface area contributed by atoms with Crippen LogP contribution in [0.5, 0.6) is 5.75 Å². The molecule has 0 radical (unpaired) electrons. The first-order valence-corrected chi connectivity index (χ1v) is 13.2. The molecular weight excluding hydrogens is 493 g/mol. The third-order valence-corrected chi connectivity index (χ3v) is 7.33. The molecule has 37 heavy (non-hydrogen) atoms. The molecule has 3 amide bonds. The van der Waals surface area contributed by atoms with Crippen molar-refractivity contribution in [2.75, 3.05) is 32.1 Å². The van der Waals surface area contributed by atoms with Crippen LogP contribution in [0.3, 0.4) is 0 Å². The minimum absolute atomic E-state index is 0.110. The van der Waals surface area contributed by atoms with E-state index in [9.17, 15) is 14.0 Å². The molecule has 0 unspecified atom stereocenters. The van der Waals surface area contributed by atoms with Crippen molar-refractivity contribution in [2.45, 2.75) is 39.0 Å². The van der Waals surface area contributed by atoms with Gasteiger partial charge in [-0.05, 0) is 66.6 Å². The number of methoxy groups -OCH3 is 1. The Labute approximate surface area is 220 Å². The van der Waals surface area contributed by atoms with Crippen LogP contribution in [0.15, 0.2) is 60.0 Å². The van der Waals surface area contributed by atoms with Crippen molar-refractivity contribution >= 4 is 29.0 Å². The number of nitrogens with one attached hydrogen (secondary N) is 1. The van der Waals surface area contributed by atoms with Crippen molar-refractivity contribution in [3.05, 3.63) is 81.8 Å². The highest BCUT2D eigenvalue weighted by Gasteiger charge is 2.27. The van der Waals surface area contributed by atoms with Crippen LogP contribution in [-0.2, 0) is 22.6 Å². The van der Waals surface area contributed by atoms with Crippen molar-refractivity contribution in [2.24, 2.45) is 0 Å². The van der Waals surface area contributed by atoms with E-state index in [0.29, 0.717) is 37.7 Å². The third kappa shape index (κ3) is 7.53. The molecule has 9 heteroatoms. The van der Waals surface area contributed by atoms with Crippen LogP contribution >= 0.6 is 11.3 Å². The summed E-state index contributed by atoms with van der Waals surface area (Å²) >= 11 is 1.59.